The molecule has 0 saturated carbocycles. The van der Waals surface area contributed by atoms with Crippen LogP contribution in [0.5, 0.6) is 0 Å². The normalized spacial score (nSPS) is 18.5. The van der Waals surface area contributed by atoms with Crippen molar-refractivity contribution in [2.75, 3.05) is 26.2 Å². The topological polar surface area (TPSA) is 54.5 Å². The zero-order valence-electron chi connectivity index (χ0n) is 12.2. The maximum absolute atomic E-state index is 11.6. The number of nitrogens with zero attached hydrogens (tertiary/aromatic N) is 2. The number of amides is 1. The first kappa shape index (κ1) is 15.3. The van der Waals surface area contributed by atoms with E-state index in [1.54, 1.807) is 16.2 Å². The van der Waals surface area contributed by atoms with Gasteiger partial charge in [0.25, 0.3) is 0 Å². The van der Waals surface area contributed by atoms with Gasteiger partial charge in [0.2, 0.25) is 0 Å². The van der Waals surface area contributed by atoms with E-state index in [1.807, 2.05) is 6.92 Å². The summed E-state index contributed by atoms with van der Waals surface area (Å²) in [5.74, 6) is 0. The predicted octanol–water partition coefficient (Wildman–Crippen LogP) is 2.07. The zero-order valence-corrected chi connectivity index (χ0v) is 13.0. The Morgan fingerprint density at radius 3 is 3.15 bits per heavy atom. The third-order valence-electron chi connectivity index (χ3n) is 3.43. The van der Waals surface area contributed by atoms with Crippen LogP contribution in [0, 0.1) is 0 Å². The minimum atomic E-state index is -0.191. The van der Waals surface area contributed by atoms with Crippen LogP contribution in [0.4, 0.5) is 4.79 Å². The van der Waals surface area contributed by atoms with E-state index >= 15 is 0 Å². The third kappa shape index (κ3) is 4.18. The highest BCUT2D eigenvalue weighted by molar-refractivity contribution is 7.09. The van der Waals surface area contributed by atoms with E-state index in [2.05, 4.69) is 22.6 Å². The molecule has 1 saturated heterocycles. The number of thiazole rings is 1. The molecule has 2 rings (SSSR count). The smallest absolute Gasteiger partial charge is 0.409 e. The van der Waals surface area contributed by atoms with Gasteiger partial charge in [-0.3, -0.25) is 0 Å². The fourth-order valence-corrected chi connectivity index (χ4v) is 3.12. The van der Waals surface area contributed by atoms with E-state index in [-0.39, 0.29) is 6.09 Å². The maximum atomic E-state index is 11.6. The quantitative estimate of drug-likeness (QED) is 0.873. The van der Waals surface area contributed by atoms with E-state index in [9.17, 15) is 4.79 Å². The van der Waals surface area contributed by atoms with Crippen molar-refractivity contribution in [2.24, 2.45) is 0 Å². The molecule has 1 aromatic rings. The lowest BCUT2D eigenvalue weighted by Crippen LogP contribution is -2.36. The largest absolute Gasteiger partial charge is 0.450 e. The van der Waals surface area contributed by atoms with E-state index in [0.717, 1.165) is 38.9 Å². The molecule has 0 bridgehead atoms. The van der Waals surface area contributed by atoms with Crippen LogP contribution in [0.3, 0.4) is 0 Å². The van der Waals surface area contributed by atoms with E-state index < -0.39 is 0 Å². The van der Waals surface area contributed by atoms with Crippen LogP contribution in [-0.4, -0.2) is 48.3 Å². The standard InChI is InChI=1S/C14H23N3O2S/c1-3-13-16-12(10-20-13)5-7-15-11-6-8-17(9-11)14(18)19-4-2/h10-11,15H,3-9H2,1-2H3/t11-/m1/s1. The van der Waals surface area contributed by atoms with Crippen LogP contribution in [0.15, 0.2) is 5.38 Å². The van der Waals surface area contributed by atoms with Crippen molar-refractivity contribution in [3.63, 3.8) is 0 Å². The minimum Gasteiger partial charge on any atom is -0.450 e. The predicted molar refractivity (Wildman–Crippen MR) is 80.2 cm³/mol. The molecule has 1 aliphatic rings. The van der Waals surface area contributed by atoms with Crippen molar-refractivity contribution in [1.29, 1.82) is 0 Å². The molecule has 112 valence electrons. The molecule has 1 fully saturated rings. The Kier molecular flexibility index (Phi) is 5.79. The van der Waals surface area contributed by atoms with Crippen LogP contribution < -0.4 is 5.32 Å². The number of carbonyl (C=O) groups is 1. The van der Waals surface area contributed by atoms with Gasteiger partial charge in [-0.1, -0.05) is 6.92 Å². The highest BCUT2D eigenvalue weighted by Gasteiger charge is 2.26. The Labute approximate surface area is 124 Å². The van der Waals surface area contributed by atoms with Crippen molar-refractivity contribution in [3.05, 3.63) is 16.1 Å². The van der Waals surface area contributed by atoms with Gasteiger partial charge >= 0.3 is 6.09 Å². The van der Waals surface area contributed by atoms with Crippen LogP contribution in [0.2, 0.25) is 0 Å². The molecular weight excluding hydrogens is 274 g/mol. The average Bonchev–Trinajstić information content (AvgIpc) is 3.08. The molecule has 1 N–H and O–H groups in total. The summed E-state index contributed by atoms with van der Waals surface area (Å²) in [7, 11) is 0. The summed E-state index contributed by atoms with van der Waals surface area (Å²) in [6, 6.07) is 0.378. The SMILES string of the molecule is CCOC(=O)N1CC[C@@H](NCCc2csc(CC)n2)C1. The molecular formula is C14H23N3O2S. The number of nitrogens with one attached hydrogen (secondary N) is 1. The summed E-state index contributed by atoms with van der Waals surface area (Å²) in [6.07, 6.45) is 2.77. The summed E-state index contributed by atoms with van der Waals surface area (Å²) in [5.41, 5.74) is 1.17. The van der Waals surface area contributed by atoms with Gasteiger partial charge in [0.05, 0.1) is 17.3 Å². The average molecular weight is 297 g/mol. The fourth-order valence-electron chi connectivity index (χ4n) is 2.34. The van der Waals surface area contributed by atoms with Gasteiger partial charge in [-0.2, -0.15) is 0 Å². The third-order valence-corrected chi connectivity index (χ3v) is 4.47. The van der Waals surface area contributed by atoms with Gasteiger partial charge in [0.1, 0.15) is 0 Å². The first-order valence-electron chi connectivity index (χ1n) is 7.31. The Morgan fingerprint density at radius 2 is 2.45 bits per heavy atom. The molecule has 0 aromatic carbocycles. The van der Waals surface area contributed by atoms with Crippen molar-refractivity contribution >= 4 is 17.4 Å². The summed E-state index contributed by atoms with van der Waals surface area (Å²) in [4.78, 5) is 17.9. The second-order valence-electron chi connectivity index (χ2n) is 4.92. The first-order valence-corrected chi connectivity index (χ1v) is 8.19. The van der Waals surface area contributed by atoms with E-state index in [1.165, 1.54) is 10.7 Å². The summed E-state index contributed by atoms with van der Waals surface area (Å²) in [5, 5.41) is 6.84. The monoisotopic (exact) mass is 297 g/mol. The van der Waals surface area contributed by atoms with Gasteiger partial charge in [-0.15, -0.1) is 11.3 Å². The summed E-state index contributed by atoms with van der Waals surface area (Å²) < 4.78 is 5.01. The lowest BCUT2D eigenvalue weighted by Gasteiger charge is -2.16. The van der Waals surface area contributed by atoms with E-state index in [0.29, 0.717) is 12.6 Å². The first-order chi connectivity index (χ1) is 9.72. The molecule has 0 aliphatic carbocycles. The van der Waals surface area contributed by atoms with Gasteiger partial charge in [-0.25, -0.2) is 9.78 Å². The second kappa shape index (κ2) is 7.59. The summed E-state index contributed by atoms with van der Waals surface area (Å²) in [6.45, 7) is 6.85. The zero-order chi connectivity index (χ0) is 14.4. The number of aryl methyl sites for hydroxylation is 1. The number of carbonyl (C=O) groups excluding carboxylic acids is 1. The molecule has 0 spiro atoms. The van der Waals surface area contributed by atoms with Crippen LogP contribution in [-0.2, 0) is 17.6 Å². The van der Waals surface area contributed by atoms with Gasteiger partial charge in [0, 0.05) is 37.5 Å². The molecule has 0 radical (unpaired) electrons. The lowest BCUT2D eigenvalue weighted by atomic mass is 10.2. The maximum Gasteiger partial charge on any atom is 0.409 e. The van der Waals surface area contributed by atoms with Crippen LogP contribution >= 0.6 is 11.3 Å². The Morgan fingerprint density at radius 1 is 1.60 bits per heavy atom. The van der Waals surface area contributed by atoms with Gasteiger partial charge in [0.15, 0.2) is 0 Å². The number of ether oxygens (including phenoxy) is 1. The Bertz CT molecular complexity index is 436. The second-order valence-corrected chi connectivity index (χ2v) is 5.86. The van der Waals surface area contributed by atoms with Crippen molar-refractivity contribution in [2.45, 2.75) is 39.2 Å². The molecule has 6 heteroatoms. The van der Waals surface area contributed by atoms with Gasteiger partial charge in [-0.05, 0) is 19.8 Å². The Hall–Kier alpha value is -1.14. The molecule has 0 unspecified atom stereocenters. The van der Waals surface area contributed by atoms with Crippen LogP contribution in [0.1, 0.15) is 31.0 Å². The molecule has 2 heterocycles. The molecule has 5 nitrogen and oxygen atoms in total. The van der Waals surface area contributed by atoms with Crippen molar-refractivity contribution < 1.29 is 9.53 Å². The lowest BCUT2D eigenvalue weighted by molar-refractivity contribution is 0.115. The Balaban J connectivity index is 1.66. The molecule has 1 aromatic heterocycles. The number of likely N-dealkylation sites (tertiary alicyclic amines) is 1. The summed E-state index contributed by atoms with van der Waals surface area (Å²) >= 11 is 1.73. The molecule has 20 heavy (non-hydrogen) atoms. The molecule has 1 atom stereocenters. The highest BCUT2D eigenvalue weighted by atomic mass is 32.1. The number of rotatable bonds is 6. The fraction of sp³-hybridized carbons (Fsp3) is 0.714. The van der Waals surface area contributed by atoms with Gasteiger partial charge < -0.3 is 15.0 Å². The minimum absolute atomic E-state index is 0.191. The van der Waals surface area contributed by atoms with Crippen LogP contribution in [0.25, 0.3) is 0 Å². The van der Waals surface area contributed by atoms with E-state index in [4.69, 9.17) is 4.74 Å². The highest BCUT2D eigenvalue weighted by Crippen LogP contribution is 2.12. The molecule has 1 amide bonds. The number of hydrogen-bond acceptors (Lipinski definition) is 5. The number of aromatic nitrogens is 1. The van der Waals surface area contributed by atoms with Crippen molar-refractivity contribution in [3.8, 4) is 0 Å². The molecule has 1 aliphatic heterocycles. The van der Waals surface area contributed by atoms with Crippen molar-refractivity contribution in [1.82, 2.24) is 15.2 Å². The number of hydrogen-bond donors (Lipinski definition) is 1.